The molecule has 0 saturated carbocycles. The van der Waals surface area contributed by atoms with Crippen molar-refractivity contribution in [2.45, 2.75) is 13.0 Å². The molecule has 0 spiro atoms. The largest absolute Gasteiger partial charge is 0.356 e. The van der Waals surface area contributed by atoms with Gasteiger partial charge in [-0.2, -0.15) is 4.98 Å². The van der Waals surface area contributed by atoms with Crippen LogP contribution in [-0.4, -0.2) is 34.3 Å². The Bertz CT molecular complexity index is 988. The molecule has 11 heteroatoms. The van der Waals surface area contributed by atoms with E-state index in [1.807, 2.05) is 29.8 Å². The summed E-state index contributed by atoms with van der Waals surface area (Å²) in [7, 11) is 3.55. The molecule has 7 nitrogen and oxygen atoms in total. The number of hydrogen-bond donors (Lipinski definition) is 2. The van der Waals surface area contributed by atoms with E-state index in [1.165, 1.54) is 0 Å². The number of nitrogens with zero attached hydrogens (tertiary/aromatic N) is 4. The Hall–Kier alpha value is -1.49. The highest BCUT2D eigenvalue weighted by molar-refractivity contribution is 14.0. The highest BCUT2D eigenvalue weighted by atomic mass is 127. The summed E-state index contributed by atoms with van der Waals surface area (Å²) in [6, 6.07) is 9.14. The molecular weight excluding hydrogens is 550 g/mol. The second-order valence-electron chi connectivity index (χ2n) is 5.96. The lowest BCUT2D eigenvalue weighted by atomic mass is 10.2. The maximum absolute atomic E-state index is 6.08. The molecule has 0 bridgehead atoms. The van der Waals surface area contributed by atoms with Gasteiger partial charge in [0.15, 0.2) is 5.96 Å². The maximum atomic E-state index is 6.08. The minimum atomic E-state index is 0. The zero-order valence-electron chi connectivity index (χ0n) is 15.7. The van der Waals surface area contributed by atoms with Gasteiger partial charge in [-0.1, -0.05) is 52.1 Å². The van der Waals surface area contributed by atoms with E-state index in [1.54, 1.807) is 19.2 Å². The second kappa shape index (κ2) is 11.1. The molecule has 0 aliphatic carbocycles. The van der Waals surface area contributed by atoms with Gasteiger partial charge in [0, 0.05) is 43.3 Å². The standard InChI is InChI=1S/C18H19Cl3N6O.HI/c1-22-18(24-10-13-9-14(20)16(21)27(13)2)23-7-6-15-25-17(26-28-15)11-4-3-5-12(19)8-11;/h3-5,8-9H,6-7,10H2,1-2H3,(H2,22,23,24);1H. The number of halogens is 4. The number of aromatic nitrogens is 3. The minimum Gasteiger partial charge on any atom is -0.356 e. The number of nitrogens with one attached hydrogen (secondary N) is 2. The minimum absolute atomic E-state index is 0. The number of hydrogen-bond acceptors (Lipinski definition) is 4. The predicted molar refractivity (Wildman–Crippen MR) is 127 cm³/mol. The number of guanidine groups is 1. The maximum Gasteiger partial charge on any atom is 0.228 e. The second-order valence-corrected chi connectivity index (χ2v) is 7.16. The molecule has 2 N–H and O–H groups in total. The summed E-state index contributed by atoms with van der Waals surface area (Å²) in [5.41, 5.74) is 1.76. The van der Waals surface area contributed by atoms with E-state index >= 15 is 0 Å². The van der Waals surface area contributed by atoms with Crippen LogP contribution in [0.3, 0.4) is 0 Å². The number of rotatable bonds is 6. The molecule has 29 heavy (non-hydrogen) atoms. The zero-order chi connectivity index (χ0) is 20.1. The van der Waals surface area contributed by atoms with Crippen LogP contribution in [0.25, 0.3) is 11.4 Å². The molecule has 0 aliphatic heterocycles. The van der Waals surface area contributed by atoms with Crippen LogP contribution in [0.4, 0.5) is 0 Å². The molecule has 2 aromatic heterocycles. The number of benzene rings is 1. The summed E-state index contributed by atoms with van der Waals surface area (Å²) in [5, 5.41) is 12.1. The van der Waals surface area contributed by atoms with Crippen LogP contribution in [0.1, 0.15) is 11.6 Å². The molecule has 156 valence electrons. The molecule has 2 heterocycles. The van der Waals surface area contributed by atoms with Crippen LogP contribution in [-0.2, 0) is 20.0 Å². The van der Waals surface area contributed by atoms with Gasteiger partial charge in [0.1, 0.15) is 5.15 Å². The van der Waals surface area contributed by atoms with Gasteiger partial charge in [-0.25, -0.2) is 0 Å². The molecule has 3 rings (SSSR count). The SMILES string of the molecule is CN=C(NCCc1nc(-c2cccc(Cl)c2)no1)NCc1cc(Cl)c(Cl)n1C.I. The van der Waals surface area contributed by atoms with Gasteiger partial charge in [-0.15, -0.1) is 24.0 Å². The molecule has 0 radical (unpaired) electrons. The Morgan fingerprint density at radius 3 is 2.66 bits per heavy atom. The van der Waals surface area contributed by atoms with E-state index < -0.39 is 0 Å². The highest BCUT2D eigenvalue weighted by Gasteiger charge is 2.11. The molecule has 0 fully saturated rings. The van der Waals surface area contributed by atoms with Crippen LogP contribution in [0.15, 0.2) is 39.8 Å². The van der Waals surface area contributed by atoms with Gasteiger partial charge in [-0.3, -0.25) is 4.99 Å². The van der Waals surface area contributed by atoms with Crippen molar-refractivity contribution in [3.8, 4) is 11.4 Å². The summed E-state index contributed by atoms with van der Waals surface area (Å²) >= 11 is 18.1. The smallest absolute Gasteiger partial charge is 0.228 e. The van der Waals surface area contributed by atoms with E-state index in [0.717, 1.165) is 11.3 Å². The molecule has 0 aliphatic rings. The van der Waals surface area contributed by atoms with Crippen molar-refractivity contribution in [1.29, 1.82) is 0 Å². The normalized spacial score (nSPS) is 11.3. The Kier molecular flexibility index (Phi) is 9.06. The molecule has 1 aromatic carbocycles. The van der Waals surface area contributed by atoms with E-state index in [-0.39, 0.29) is 24.0 Å². The third-order valence-electron chi connectivity index (χ3n) is 4.06. The van der Waals surface area contributed by atoms with Crippen molar-refractivity contribution in [2.75, 3.05) is 13.6 Å². The lowest BCUT2D eigenvalue weighted by Crippen LogP contribution is -2.38. The topological polar surface area (TPSA) is 80.3 Å². The fourth-order valence-electron chi connectivity index (χ4n) is 2.54. The Morgan fingerprint density at radius 2 is 2.00 bits per heavy atom. The average Bonchev–Trinajstić information content (AvgIpc) is 3.25. The van der Waals surface area contributed by atoms with Crippen LogP contribution in [0, 0.1) is 0 Å². The molecule has 0 amide bonds. The van der Waals surface area contributed by atoms with Crippen LogP contribution >= 0.6 is 58.8 Å². The van der Waals surface area contributed by atoms with Gasteiger partial charge in [0.25, 0.3) is 0 Å². The Balaban J connectivity index is 0.00000300. The highest BCUT2D eigenvalue weighted by Crippen LogP contribution is 2.25. The lowest BCUT2D eigenvalue weighted by Gasteiger charge is -2.11. The van der Waals surface area contributed by atoms with Crippen LogP contribution in [0.2, 0.25) is 15.2 Å². The van der Waals surface area contributed by atoms with Crippen molar-refractivity contribution >= 4 is 64.7 Å². The van der Waals surface area contributed by atoms with E-state index in [9.17, 15) is 0 Å². The fourth-order valence-corrected chi connectivity index (χ4v) is 3.15. The molecule has 0 atom stereocenters. The van der Waals surface area contributed by atoms with Crippen molar-refractivity contribution in [2.24, 2.45) is 12.0 Å². The van der Waals surface area contributed by atoms with Crippen LogP contribution < -0.4 is 10.6 Å². The van der Waals surface area contributed by atoms with Gasteiger partial charge < -0.3 is 19.7 Å². The number of aliphatic imine (C=N–C) groups is 1. The summed E-state index contributed by atoms with van der Waals surface area (Å²) in [6.45, 7) is 1.10. The van der Waals surface area contributed by atoms with Gasteiger partial charge in [-0.05, 0) is 18.2 Å². The third-order valence-corrected chi connectivity index (χ3v) is 5.14. The fraction of sp³-hybridized carbons (Fsp3) is 0.278. The summed E-state index contributed by atoms with van der Waals surface area (Å²) in [6.07, 6.45) is 0.552. The first-order valence-electron chi connectivity index (χ1n) is 8.50. The van der Waals surface area contributed by atoms with E-state index in [0.29, 0.717) is 52.4 Å². The quantitative estimate of drug-likeness (QED) is 0.259. The Labute approximate surface area is 200 Å². The molecule has 0 unspecified atom stereocenters. The van der Waals surface area contributed by atoms with Crippen LogP contribution in [0.5, 0.6) is 0 Å². The van der Waals surface area contributed by atoms with E-state index in [2.05, 4.69) is 25.8 Å². The summed E-state index contributed by atoms with van der Waals surface area (Å²) in [4.78, 5) is 8.59. The monoisotopic (exact) mass is 568 g/mol. The molecular formula is C18H20Cl3IN6O. The summed E-state index contributed by atoms with van der Waals surface area (Å²) in [5.74, 6) is 1.68. The molecule has 0 saturated heterocycles. The van der Waals surface area contributed by atoms with Crippen molar-refractivity contribution < 1.29 is 4.52 Å². The van der Waals surface area contributed by atoms with Gasteiger partial charge >= 0.3 is 0 Å². The van der Waals surface area contributed by atoms with Gasteiger partial charge in [0.05, 0.1) is 11.6 Å². The van der Waals surface area contributed by atoms with Crippen molar-refractivity contribution in [1.82, 2.24) is 25.3 Å². The first-order valence-corrected chi connectivity index (χ1v) is 9.64. The van der Waals surface area contributed by atoms with Crippen molar-refractivity contribution in [3.05, 3.63) is 57.1 Å². The first kappa shape index (κ1) is 23.8. The van der Waals surface area contributed by atoms with Crippen molar-refractivity contribution in [3.63, 3.8) is 0 Å². The third kappa shape index (κ3) is 6.24. The molecule has 3 aromatic rings. The Morgan fingerprint density at radius 1 is 1.21 bits per heavy atom. The van der Waals surface area contributed by atoms with E-state index in [4.69, 9.17) is 39.3 Å². The average molecular weight is 570 g/mol. The van der Waals surface area contributed by atoms with Gasteiger partial charge in [0.2, 0.25) is 11.7 Å². The first-order chi connectivity index (χ1) is 13.5. The summed E-state index contributed by atoms with van der Waals surface area (Å²) < 4.78 is 7.12. The lowest BCUT2D eigenvalue weighted by molar-refractivity contribution is 0.378. The zero-order valence-corrected chi connectivity index (χ0v) is 20.3. The predicted octanol–water partition coefficient (Wildman–Crippen LogP) is 4.56.